The van der Waals surface area contributed by atoms with Crippen molar-refractivity contribution in [2.24, 2.45) is 0 Å². The summed E-state index contributed by atoms with van der Waals surface area (Å²) in [7, 11) is 0. The molecular weight excluding hydrogens is 250 g/mol. The maximum absolute atomic E-state index is 5.68. The Hall–Kier alpha value is -1.81. The lowest BCUT2D eigenvalue weighted by Gasteiger charge is -2.19. The maximum atomic E-state index is 5.68. The van der Waals surface area contributed by atoms with Crippen LogP contribution in [0, 0.1) is 0 Å². The van der Waals surface area contributed by atoms with Crippen LogP contribution < -0.4 is 10.1 Å². The lowest BCUT2D eigenvalue weighted by molar-refractivity contribution is 0.242. The summed E-state index contributed by atoms with van der Waals surface area (Å²) in [6.45, 7) is 7.94. The Morgan fingerprint density at radius 3 is 2.55 bits per heavy atom. The highest BCUT2D eigenvalue weighted by Crippen LogP contribution is 2.20. The molecule has 0 radical (unpaired) electrons. The van der Waals surface area contributed by atoms with Crippen molar-refractivity contribution in [3.63, 3.8) is 0 Å². The Kier molecular flexibility index (Phi) is 5.18. The molecule has 1 unspecified atom stereocenters. The fraction of sp³-hybridized carbons (Fsp3) is 0.438. The van der Waals surface area contributed by atoms with Gasteiger partial charge < -0.3 is 10.1 Å². The monoisotopic (exact) mass is 273 g/mol. The van der Waals surface area contributed by atoms with E-state index in [1.54, 1.807) is 0 Å². The Bertz CT molecular complexity index is 491. The molecule has 0 saturated carbocycles. The van der Waals surface area contributed by atoms with Gasteiger partial charge in [-0.15, -0.1) is 0 Å². The number of rotatable bonds is 7. The predicted molar refractivity (Wildman–Crippen MR) is 80.9 cm³/mol. The average molecular weight is 273 g/mol. The third-order valence-electron chi connectivity index (χ3n) is 3.03. The fourth-order valence-corrected chi connectivity index (χ4v) is 2.18. The topological polar surface area (TPSA) is 39.1 Å². The summed E-state index contributed by atoms with van der Waals surface area (Å²) in [5.41, 5.74) is 1.25. The van der Waals surface area contributed by atoms with Crippen molar-refractivity contribution in [3.8, 4) is 5.75 Å². The molecule has 1 N–H and O–H groups in total. The highest BCUT2D eigenvalue weighted by Gasteiger charge is 2.11. The van der Waals surface area contributed by atoms with Crippen LogP contribution in [0.2, 0.25) is 0 Å². The summed E-state index contributed by atoms with van der Waals surface area (Å²) in [6.07, 6.45) is 4.00. The Balaban J connectivity index is 2.08. The zero-order valence-electron chi connectivity index (χ0n) is 12.4. The number of likely N-dealkylation sites (N-methyl/N-ethyl adjacent to an activating group) is 1. The summed E-state index contributed by atoms with van der Waals surface area (Å²) in [5.74, 6) is 0.915. The smallest absolute Gasteiger partial charge is 0.119 e. The minimum Gasteiger partial charge on any atom is -0.491 e. The van der Waals surface area contributed by atoms with Crippen molar-refractivity contribution in [2.45, 2.75) is 39.5 Å². The van der Waals surface area contributed by atoms with Crippen molar-refractivity contribution in [3.05, 3.63) is 48.3 Å². The Labute approximate surface area is 120 Å². The molecule has 2 rings (SSSR count). The van der Waals surface area contributed by atoms with Gasteiger partial charge in [0.2, 0.25) is 0 Å². The van der Waals surface area contributed by atoms with Crippen LogP contribution >= 0.6 is 0 Å². The van der Waals surface area contributed by atoms with Crippen LogP contribution in [0.15, 0.2) is 42.7 Å². The summed E-state index contributed by atoms with van der Waals surface area (Å²) in [6, 6.07) is 10.5. The van der Waals surface area contributed by atoms with E-state index in [0.29, 0.717) is 0 Å². The molecule has 0 spiro atoms. The molecule has 0 aliphatic carbocycles. The molecule has 1 aromatic carbocycles. The molecular formula is C16H23N3O. The van der Waals surface area contributed by atoms with E-state index in [1.165, 1.54) is 5.56 Å². The van der Waals surface area contributed by atoms with Gasteiger partial charge in [0.25, 0.3) is 0 Å². The molecule has 4 nitrogen and oxygen atoms in total. The summed E-state index contributed by atoms with van der Waals surface area (Å²) >= 11 is 0. The molecule has 0 bridgehead atoms. The second-order valence-corrected chi connectivity index (χ2v) is 5.07. The van der Waals surface area contributed by atoms with Crippen LogP contribution in [0.1, 0.15) is 32.4 Å². The third kappa shape index (κ3) is 4.10. The highest BCUT2D eigenvalue weighted by molar-refractivity contribution is 5.29. The number of hydrogen-bond acceptors (Lipinski definition) is 3. The van der Waals surface area contributed by atoms with Gasteiger partial charge in [-0.05, 0) is 44.2 Å². The largest absolute Gasteiger partial charge is 0.491 e. The number of benzene rings is 1. The van der Waals surface area contributed by atoms with E-state index in [0.717, 1.165) is 18.8 Å². The first kappa shape index (κ1) is 14.6. The molecule has 1 heterocycles. The molecule has 0 aliphatic rings. The normalized spacial score (nSPS) is 12.6. The van der Waals surface area contributed by atoms with E-state index in [4.69, 9.17) is 4.74 Å². The SMILES string of the molecule is CCNC(Cn1cccn1)c1ccc(OC(C)C)cc1. The summed E-state index contributed by atoms with van der Waals surface area (Å²) in [4.78, 5) is 0. The van der Waals surface area contributed by atoms with Crippen molar-refractivity contribution in [2.75, 3.05) is 6.54 Å². The fourth-order valence-electron chi connectivity index (χ4n) is 2.18. The lowest BCUT2D eigenvalue weighted by Crippen LogP contribution is -2.25. The number of hydrogen-bond donors (Lipinski definition) is 1. The first-order valence-electron chi connectivity index (χ1n) is 7.16. The van der Waals surface area contributed by atoms with Gasteiger partial charge >= 0.3 is 0 Å². The second kappa shape index (κ2) is 7.10. The number of ether oxygens (including phenoxy) is 1. The van der Waals surface area contributed by atoms with Crippen LogP contribution in [-0.4, -0.2) is 22.4 Å². The molecule has 20 heavy (non-hydrogen) atoms. The van der Waals surface area contributed by atoms with E-state index in [-0.39, 0.29) is 12.1 Å². The highest BCUT2D eigenvalue weighted by atomic mass is 16.5. The van der Waals surface area contributed by atoms with Crippen molar-refractivity contribution >= 4 is 0 Å². The third-order valence-corrected chi connectivity index (χ3v) is 3.03. The average Bonchev–Trinajstić information content (AvgIpc) is 2.91. The number of aromatic nitrogens is 2. The second-order valence-electron chi connectivity index (χ2n) is 5.07. The molecule has 0 saturated heterocycles. The zero-order chi connectivity index (χ0) is 14.4. The van der Waals surface area contributed by atoms with Crippen LogP contribution in [-0.2, 0) is 6.54 Å². The van der Waals surface area contributed by atoms with Crippen LogP contribution in [0.25, 0.3) is 0 Å². The van der Waals surface area contributed by atoms with Gasteiger partial charge in [-0.25, -0.2) is 0 Å². The molecule has 1 atom stereocenters. The van der Waals surface area contributed by atoms with E-state index in [2.05, 4.69) is 29.5 Å². The molecule has 2 aromatic rings. The lowest BCUT2D eigenvalue weighted by atomic mass is 10.1. The van der Waals surface area contributed by atoms with E-state index < -0.39 is 0 Å². The number of nitrogens with zero attached hydrogens (tertiary/aromatic N) is 2. The van der Waals surface area contributed by atoms with E-state index in [1.807, 2.05) is 49.1 Å². The van der Waals surface area contributed by atoms with E-state index in [9.17, 15) is 0 Å². The first-order chi connectivity index (χ1) is 9.69. The van der Waals surface area contributed by atoms with Gasteiger partial charge in [-0.2, -0.15) is 5.10 Å². The molecule has 4 heteroatoms. The predicted octanol–water partition coefficient (Wildman–Crippen LogP) is 3.02. The summed E-state index contributed by atoms with van der Waals surface area (Å²) < 4.78 is 7.63. The number of nitrogens with one attached hydrogen (secondary N) is 1. The standard InChI is InChI=1S/C16H23N3O/c1-4-17-16(12-19-11-5-10-18-19)14-6-8-15(9-7-14)20-13(2)3/h5-11,13,16-17H,4,12H2,1-3H3. The molecule has 0 amide bonds. The Morgan fingerprint density at radius 2 is 2.00 bits per heavy atom. The van der Waals surface area contributed by atoms with Crippen molar-refractivity contribution in [1.82, 2.24) is 15.1 Å². The van der Waals surface area contributed by atoms with Crippen molar-refractivity contribution < 1.29 is 4.74 Å². The maximum Gasteiger partial charge on any atom is 0.119 e. The minimum atomic E-state index is 0.203. The van der Waals surface area contributed by atoms with Gasteiger partial charge in [0.15, 0.2) is 0 Å². The minimum absolute atomic E-state index is 0.203. The molecule has 1 aromatic heterocycles. The molecule has 0 fully saturated rings. The van der Waals surface area contributed by atoms with Gasteiger partial charge in [0, 0.05) is 12.4 Å². The van der Waals surface area contributed by atoms with Crippen LogP contribution in [0.3, 0.4) is 0 Å². The van der Waals surface area contributed by atoms with Crippen LogP contribution in [0.4, 0.5) is 0 Å². The molecule has 0 aliphatic heterocycles. The summed E-state index contributed by atoms with van der Waals surface area (Å²) in [5, 5.41) is 7.77. The van der Waals surface area contributed by atoms with Gasteiger partial charge in [0.05, 0.1) is 18.7 Å². The van der Waals surface area contributed by atoms with Gasteiger partial charge in [-0.3, -0.25) is 4.68 Å². The zero-order valence-corrected chi connectivity index (χ0v) is 12.4. The van der Waals surface area contributed by atoms with E-state index >= 15 is 0 Å². The molecule has 108 valence electrons. The van der Waals surface area contributed by atoms with Gasteiger partial charge in [-0.1, -0.05) is 19.1 Å². The van der Waals surface area contributed by atoms with Gasteiger partial charge in [0.1, 0.15) is 5.75 Å². The van der Waals surface area contributed by atoms with Crippen LogP contribution in [0.5, 0.6) is 5.75 Å². The Morgan fingerprint density at radius 1 is 1.25 bits per heavy atom. The van der Waals surface area contributed by atoms with Crippen molar-refractivity contribution in [1.29, 1.82) is 0 Å². The first-order valence-corrected chi connectivity index (χ1v) is 7.16. The quantitative estimate of drug-likeness (QED) is 0.843.